The maximum absolute atomic E-state index is 11.5. The second-order valence-corrected chi connectivity index (χ2v) is 5.88. The molecule has 1 saturated heterocycles. The smallest absolute Gasteiger partial charge is 0.323 e. The van der Waals surface area contributed by atoms with Gasteiger partial charge in [0.2, 0.25) is 0 Å². The molecular formula is C9H16N2O3S. The van der Waals surface area contributed by atoms with Gasteiger partial charge in [-0.2, -0.15) is 11.8 Å². The quantitative estimate of drug-likeness (QED) is 0.732. The molecule has 2 N–H and O–H groups in total. The topological polar surface area (TPSA) is 69.6 Å². The van der Waals surface area contributed by atoms with Gasteiger partial charge < -0.3 is 15.3 Å². The summed E-state index contributed by atoms with van der Waals surface area (Å²) in [6, 6.07) is -0.286. The lowest BCUT2D eigenvalue weighted by Crippen LogP contribution is -2.50. The largest absolute Gasteiger partial charge is 0.480 e. The minimum atomic E-state index is -1.02. The van der Waals surface area contributed by atoms with E-state index in [4.69, 9.17) is 5.11 Å². The van der Waals surface area contributed by atoms with Gasteiger partial charge in [-0.1, -0.05) is 0 Å². The first-order valence-corrected chi connectivity index (χ1v) is 5.78. The van der Waals surface area contributed by atoms with Crippen LogP contribution in [0.15, 0.2) is 0 Å². The van der Waals surface area contributed by atoms with E-state index in [0.29, 0.717) is 13.1 Å². The number of nitrogens with one attached hydrogen (secondary N) is 1. The van der Waals surface area contributed by atoms with E-state index in [2.05, 4.69) is 19.2 Å². The molecule has 0 bridgehead atoms. The van der Waals surface area contributed by atoms with Gasteiger partial charge in [-0.25, -0.2) is 4.79 Å². The molecule has 0 unspecified atom stereocenters. The average molecular weight is 232 g/mol. The molecule has 0 aromatic carbocycles. The minimum absolute atomic E-state index is 0.0544. The van der Waals surface area contributed by atoms with Crippen molar-refractivity contribution in [3.05, 3.63) is 0 Å². The molecule has 1 heterocycles. The molecule has 0 atom stereocenters. The van der Waals surface area contributed by atoms with Crippen molar-refractivity contribution in [3.8, 4) is 0 Å². The van der Waals surface area contributed by atoms with Crippen molar-refractivity contribution < 1.29 is 14.7 Å². The number of aliphatic carboxylic acids is 1. The molecule has 0 spiro atoms. The Labute approximate surface area is 93.2 Å². The van der Waals surface area contributed by atoms with Crippen molar-refractivity contribution in [2.45, 2.75) is 18.6 Å². The number of amides is 2. The van der Waals surface area contributed by atoms with Gasteiger partial charge in [0.05, 0.1) is 0 Å². The highest BCUT2D eigenvalue weighted by atomic mass is 32.2. The molecule has 0 aliphatic carbocycles. The molecular weight excluding hydrogens is 216 g/mol. The first-order chi connectivity index (χ1) is 6.91. The van der Waals surface area contributed by atoms with Crippen LogP contribution in [-0.4, -0.2) is 52.1 Å². The third kappa shape index (κ3) is 3.99. The van der Waals surface area contributed by atoms with Gasteiger partial charge in [-0.05, 0) is 13.8 Å². The fraction of sp³-hybridized carbons (Fsp3) is 0.778. The summed E-state index contributed by atoms with van der Waals surface area (Å²) in [5.74, 6) is -0.123. The maximum atomic E-state index is 11.5. The van der Waals surface area contributed by atoms with Gasteiger partial charge in [-0.15, -0.1) is 0 Å². The summed E-state index contributed by atoms with van der Waals surface area (Å²) in [5.41, 5.74) is 0. The van der Waals surface area contributed by atoms with Crippen LogP contribution in [0.1, 0.15) is 13.8 Å². The summed E-state index contributed by atoms with van der Waals surface area (Å²) in [6.07, 6.45) is 0. The van der Waals surface area contributed by atoms with Crippen molar-refractivity contribution in [3.63, 3.8) is 0 Å². The molecule has 2 amide bonds. The van der Waals surface area contributed by atoms with Gasteiger partial charge in [0.1, 0.15) is 6.54 Å². The Kier molecular flexibility index (Phi) is 3.84. The molecule has 0 aromatic rings. The monoisotopic (exact) mass is 232 g/mol. The lowest BCUT2D eigenvalue weighted by Gasteiger charge is -2.37. The van der Waals surface area contributed by atoms with Crippen LogP contribution >= 0.6 is 11.8 Å². The number of rotatable bonds is 2. The summed E-state index contributed by atoms with van der Waals surface area (Å²) in [7, 11) is 0. The van der Waals surface area contributed by atoms with Gasteiger partial charge in [0, 0.05) is 23.6 Å². The molecule has 1 rings (SSSR count). The van der Waals surface area contributed by atoms with E-state index in [1.165, 1.54) is 0 Å². The summed E-state index contributed by atoms with van der Waals surface area (Å²) in [6.45, 7) is 5.17. The molecule has 0 radical (unpaired) electrons. The molecule has 6 heteroatoms. The third-order valence-corrected chi connectivity index (χ3v) is 3.40. The number of hydrogen-bond donors (Lipinski definition) is 2. The van der Waals surface area contributed by atoms with E-state index in [9.17, 15) is 9.59 Å². The van der Waals surface area contributed by atoms with E-state index < -0.39 is 5.97 Å². The zero-order valence-corrected chi connectivity index (χ0v) is 9.76. The van der Waals surface area contributed by atoms with Gasteiger partial charge in [0.15, 0.2) is 0 Å². The Hall–Kier alpha value is -0.910. The van der Waals surface area contributed by atoms with Crippen LogP contribution in [0.25, 0.3) is 0 Å². The van der Waals surface area contributed by atoms with Crippen LogP contribution < -0.4 is 5.32 Å². The van der Waals surface area contributed by atoms with Crippen LogP contribution in [0.2, 0.25) is 0 Å². The standard InChI is InChI=1S/C9H16N2O3S/c1-9(2)6-11(3-4-15-9)8(14)10-5-7(12)13/h3-6H2,1-2H3,(H,10,14)(H,12,13). The van der Waals surface area contributed by atoms with E-state index >= 15 is 0 Å². The molecule has 1 aliphatic rings. The predicted molar refractivity (Wildman–Crippen MR) is 59.1 cm³/mol. The molecule has 0 aromatic heterocycles. The van der Waals surface area contributed by atoms with Gasteiger partial charge in [-0.3, -0.25) is 4.79 Å². The van der Waals surface area contributed by atoms with Crippen molar-refractivity contribution in [2.75, 3.05) is 25.4 Å². The summed E-state index contributed by atoms with van der Waals surface area (Å²) >= 11 is 1.83. The van der Waals surface area contributed by atoms with Crippen molar-refractivity contribution in [1.82, 2.24) is 10.2 Å². The zero-order valence-electron chi connectivity index (χ0n) is 8.95. The summed E-state index contributed by atoms with van der Waals surface area (Å²) in [5, 5.41) is 10.8. The summed E-state index contributed by atoms with van der Waals surface area (Å²) in [4.78, 5) is 23.5. The number of carbonyl (C=O) groups is 2. The Morgan fingerprint density at radius 2 is 2.20 bits per heavy atom. The molecule has 86 valence electrons. The van der Waals surface area contributed by atoms with Crippen LogP contribution in [0.4, 0.5) is 4.79 Å². The Morgan fingerprint density at radius 1 is 1.53 bits per heavy atom. The van der Waals surface area contributed by atoms with E-state index in [-0.39, 0.29) is 17.3 Å². The van der Waals surface area contributed by atoms with Gasteiger partial charge in [0.25, 0.3) is 0 Å². The number of nitrogens with zero attached hydrogens (tertiary/aromatic N) is 1. The number of thioether (sulfide) groups is 1. The van der Waals surface area contributed by atoms with Crippen LogP contribution in [0.3, 0.4) is 0 Å². The highest BCUT2D eigenvalue weighted by Gasteiger charge is 2.29. The number of hydrogen-bond acceptors (Lipinski definition) is 3. The van der Waals surface area contributed by atoms with Crippen molar-refractivity contribution in [2.24, 2.45) is 0 Å². The summed E-state index contributed by atoms with van der Waals surface area (Å²) < 4.78 is 0.0544. The second kappa shape index (κ2) is 4.74. The number of carboxylic acid groups (broad SMARTS) is 1. The SMILES string of the molecule is CC1(C)CN(C(=O)NCC(=O)O)CCS1. The highest BCUT2D eigenvalue weighted by molar-refractivity contribution is 8.00. The number of carboxylic acids is 1. The predicted octanol–water partition coefficient (Wildman–Crippen LogP) is 0.608. The van der Waals surface area contributed by atoms with E-state index in [1.54, 1.807) is 4.90 Å². The van der Waals surface area contributed by atoms with Crippen LogP contribution in [-0.2, 0) is 4.79 Å². The first kappa shape index (κ1) is 12.2. The maximum Gasteiger partial charge on any atom is 0.323 e. The molecule has 5 nitrogen and oxygen atoms in total. The Balaban J connectivity index is 2.42. The normalized spacial score (nSPS) is 19.7. The first-order valence-electron chi connectivity index (χ1n) is 4.79. The zero-order chi connectivity index (χ0) is 11.5. The van der Waals surface area contributed by atoms with E-state index in [0.717, 1.165) is 5.75 Å². The van der Waals surface area contributed by atoms with Gasteiger partial charge >= 0.3 is 12.0 Å². The highest BCUT2D eigenvalue weighted by Crippen LogP contribution is 2.29. The minimum Gasteiger partial charge on any atom is -0.480 e. The Morgan fingerprint density at radius 3 is 2.73 bits per heavy atom. The molecule has 0 saturated carbocycles. The Bertz CT molecular complexity index is 268. The second-order valence-electron chi connectivity index (χ2n) is 4.08. The molecule has 1 aliphatic heterocycles. The lowest BCUT2D eigenvalue weighted by atomic mass is 10.2. The fourth-order valence-electron chi connectivity index (χ4n) is 1.45. The molecule has 15 heavy (non-hydrogen) atoms. The van der Waals surface area contributed by atoms with Crippen molar-refractivity contribution >= 4 is 23.8 Å². The average Bonchev–Trinajstić information content (AvgIpc) is 2.12. The van der Waals surface area contributed by atoms with Crippen molar-refractivity contribution in [1.29, 1.82) is 0 Å². The number of urea groups is 1. The molecule has 1 fully saturated rings. The van der Waals surface area contributed by atoms with E-state index in [1.807, 2.05) is 11.8 Å². The third-order valence-electron chi connectivity index (χ3n) is 2.10. The lowest BCUT2D eigenvalue weighted by molar-refractivity contribution is -0.135. The van der Waals surface area contributed by atoms with Crippen LogP contribution in [0.5, 0.6) is 0 Å². The fourth-order valence-corrected chi connectivity index (χ4v) is 2.56. The number of carbonyl (C=O) groups excluding carboxylic acids is 1. The van der Waals surface area contributed by atoms with Crippen LogP contribution in [0, 0.1) is 0 Å².